The summed E-state index contributed by atoms with van der Waals surface area (Å²) in [5.41, 5.74) is -0.948. The highest BCUT2D eigenvalue weighted by Gasteiger charge is 2.30. The van der Waals surface area contributed by atoms with Gasteiger partial charge in [-0.2, -0.15) is 0 Å². The average Bonchev–Trinajstić information content (AvgIpc) is 2.85. The van der Waals surface area contributed by atoms with Crippen LogP contribution in [0.1, 0.15) is 13.8 Å². The van der Waals surface area contributed by atoms with E-state index < -0.39 is 11.4 Å². The Morgan fingerprint density at radius 2 is 2.35 bits per heavy atom. The van der Waals surface area contributed by atoms with Gasteiger partial charge in [0.2, 0.25) is 5.82 Å². The van der Waals surface area contributed by atoms with Crippen LogP contribution in [0.5, 0.6) is 0 Å². The van der Waals surface area contributed by atoms with Crippen molar-refractivity contribution in [3.05, 3.63) is 18.4 Å². The molecule has 0 amide bonds. The smallest absolute Gasteiger partial charge is 0.310 e. The molecule has 0 bridgehead atoms. The van der Waals surface area contributed by atoms with Gasteiger partial charge in [0.1, 0.15) is 0 Å². The lowest BCUT2D eigenvalue weighted by atomic mass is 9.94. The number of rotatable bonds is 4. The molecule has 7 heteroatoms. The van der Waals surface area contributed by atoms with Crippen molar-refractivity contribution in [1.82, 2.24) is 20.2 Å². The Morgan fingerprint density at radius 1 is 1.59 bits per heavy atom. The number of carboxylic acid groups (broad SMARTS) is 1. The minimum absolute atomic E-state index is 0.172. The standard InChI is InChI=1S/C10H12N4O3/c1-10(2,9(15)16)6-14-8(11-12-13-14)7-4-3-5-17-7/h3-5H,6H2,1-2H3,(H,15,16). The zero-order chi connectivity index (χ0) is 12.5. The molecule has 2 aromatic heterocycles. The van der Waals surface area contributed by atoms with Crippen LogP contribution in [0.2, 0.25) is 0 Å². The Hall–Kier alpha value is -2.18. The second kappa shape index (κ2) is 4.00. The van der Waals surface area contributed by atoms with Gasteiger partial charge in [-0.15, -0.1) is 5.10 Å². The lowest BCUT2D eigenvalue weighted by molar-refractivity contribution is -0.147. The van der Waals surface area contributed by atoms with Crippen molar-refractivity contribution >= 4 is 5.97 Å². The number of aliphatic carboxylic acids is 1. The molecule has 0 saturated carbocycles. The molecule has 0 aliphatic heterocycles. The molecule has 0 fully saturated rings. The number of carboxylic acids is 1. The summed E-state index contributed by atoms with van der Waals surface area (Å²) >= 11 is 0. The highest BCUT2D eigenvalue weighted by Crippen LogP contribution is 2.22. The number of hydrogen-bond donors (Lipinski definition) is 1. The lowest BCUT2D eigenvalue weighted by Crippen LogP contribution is -2.30. The Kier molecular flexibility index (Phi) is 2.66. The molecule has 2 aromatic rings. The summed E-state index contributed by atoms with van der Waals surface area (Å²) in [5.74, 6) is 0.0268. The fourth-order valence-corrected chi connectivity index (χ4v) is 1.34. The zero-order valence-corrected chi connectivity index (χ0v) is 9.49. The largest absolute Gasteiger partial charge is 0.481 e. The van der Waals surface area contributed by atoms with E-state index in [0.717, 1.165) is 0 Å². The summed E-state index contributed by atoms with van der Waals surface area (Å²) in [6, 6.07) is 3.44. The number of furan rings is 1. The van der Waals surface area contributed by atoms with Crippen LogP contribution in [-0.2, 0) is 11.3 Å². The highest BCUT2D eigenvalue weighted by atomic mass is 16.4. The maximum absolute atomic E-state index is 11.0. The summed E-state index contributed by atoms with van der Waals surface area (Å²) in [6.45, 7) is 3.40. The predicted octanol–water partition coefficient (Wildman–Crippen LogP) is 1.04. The zero-order valence-electron chi connectivity index (χ0n) is 9.49. The highest BCUT2D eigenvalue weighted by molar-refractivity contribution is 5.73. The van der Waals surface area contributed by atoms with E-state index in [9.17, 15) is 4.79 Å². The van der Waals surface area contributed by atoms with Crippen molar-refractivity contribution in [1.29, 1.82) is 0 Å². The van der Waals surface area contributed by atoms with E-state index in [1.54, 1.807) is 26.0 Å². The molecular weight excluding hydrogens is 224 g/mol. The van der Waals surface area contributed by atoms with Crippen molar-refractivity contribution in [3.8, 4) is 11.6 Å². The van der Waals surface area contributed by atoms with E-state index >= 15 is 0 Å². The van der Waals surface area contributed by atoms with Crippen LogP contribution in [0.15, 0.2) is 22.8 Å². The molecule has 0 unspecified atom stereocenters. The predicted molar refractivity (Wildman–Crippen MR) is 56.9 cm³/mol. The fraction of sp³-hybridized carbons (Fsp3) is 0.400. The third-order valence-electron chi connectivity index (χ3n) is 2.40. The number of aromatic nitrogens is 4. The molecule has 2 heterocycles. The van der Waals surface area contributed by atoms with E-state index in [1.807, 2.05) is 0 Å². The Labute approximate surface area is 97.0 Å². The van der Waals surface area contributed by atoms with Crippen molar-refractivity contribution in [2.75, 3.05) is 0 Å². The molecule has 0 spiro atoms. The van der Waals surface area contributed by atoms with Crippen molar-refractivity contribution in [3.63, 3.8) is 0 Å². The van der Waals surface area contributed by atoms with Crippen LogP contribution in [0, 0.1) is 5.41 Å². The Morgan fingerprint density at radius 3 is 2.94 bits per heavy atom. The Bertz CT molecular complexity index is 515. The van der Waals surface area contributed by atoms with E-state index in [-0.39, 0.29) is 6.54 Å². The van der Waals surface area contributed by atoms with Crippen LogP contribution in [-0.4, -0.2) is 31.3 Å². The van der Waals surface area contributed by atoms with Crippen molar-refractivity contribution < 1.29 is 14.3 Å². The van der Waals surface area contributed by atoms with Gasteiger partial charge in [-0.1, -0.05) is 0 Å². The summed E-state index contributed by atoms with van der Waals surface area (Å²) in [5, 5.41) is 20.2. The van der Waals surface area contributed by atoms with Gasteiger partial charge in [-0.25, -0.2) is 4.68 Å². The normalized spacial score (nSPS) is 11.6. The maximum atomic E-state index is 11.0. The average molecular weight is 236 g/mol. The summed E-state index contributed by atoms with van der Waals surface area (Å²) in [7, 11) is 0. The third kappa shape index (κ3) is 2.17. The maximum Gasteiger partial charge on any atom is 0.310 e. The van der Waals surface area contributed by atoms with Gasteiger partial charge in [0.25, 0.3) is 0 Å². The van der Waals surface area contributed by atoms with E-state index in [0.29, 0.717) is 11.6 Å². The number of nitrogens with zero attached hydrogens (tertiary/aromatic N) is 4. The van der Waals surface area contributed by atoms with Crippen LogP contribution in [0.3, 0.4) is 0 Å². The van der Waals surface area contributed by atoms with Gasteiger partial charge in [0.15, 0.2) is 5.76 Å². The van der Waals surface area contributed by atoms with Crippen molar-refractivity contribution in [2.24, 2.45) is 5.41 Å². The van der Waals surface area contributed by atoms with E-state index in [2.05, 4.69) is 15.5 Å². The molecular formula is C10H12N4O3. The minimum Gasteiger partial charge on any atom is -0.481 e. The molecule has 7 nitrogen and oxygen atoms in total. The van der Waals surface area contributed by atoms with Crippen LogP contribution in [0.25, 0.3) is 11.6 Å². The molecule has 0 saturated heterocycles. The summed E-state index contributed by atoms with van der Waals surface area (Å²) in [4.78, 5) is 11.0. The first-order chi connectivity index (χ1) is 8.00. The molecule has 17 heavy (non-hydrogen) atoms. The Balaban J connectivity index is 2.30. The van der Waals surface area contributed by atoms with Gasteiger partial charge in [0.05, 0.1) is 18.2 Å². The summed E-state index contributed by atoms with van der Waals surface area (Å²) in [6.07, 6.45) is 1.51. The van der Waals surface area contributed by atoms with Gasteiger partial charge < -0.3 is 9.52 Å². The van der Waals surface area contributed by atoms with Crippen LogP contribution < -0.4 is 0 Å². The molecule has 0 atom stereocenters. The number of hydrogen-bond acceptors (Lipinski definition) is 5. The van der Waals surface area contributed by atoms with Crippen LogP contribution in [0.4, 0.5) is 0 Å². The van der Waals surface area contributed by atoms with E-state index in [1.165, 1.54) is 10.9 Å². The monoisotopic (exact) mass is 236 g/mol. The SMILES string of the molecule is CC(C)(Cn1nnnc1-c1ccco1)C(=O)O. The van der Waals surface area contributed by atoms with Crippen molar-refractivity contribution in [2.45, 2.75) is 20.4 Å². The van der Waals surface area contributed by atoms with Gasteiger partial charge >= 0.3 is 5.97 Å². The molecule has 0 aromatic carbocycles. The molecule has 0 radical (unpaired) electrons. The molecule has 90 valence electrons. The summed E-state index contributed by atoms with van der Waals surface area (Å²) < 4.78 is 6.61. The van der Waals surface area contributed by atoms with E-state index in [4.69, 9.17) is 9.52 Å². The first kappa shape index (κ1) is 11.3. The first-order valence-corrected chi connectivity index (χ1v) is 5.04. The van der Waals surface area contributed by atoms with Gasteiger partial charge in [-0.3, -0.25) is 4.79 Å². The number of carbonyl (C=O) groups is 1. The molecule has 0 aliphatic carbocycles. The van der Waals surface area contributed by atoms with Gasteiger partial charge in [0, 0.05) is 0 Å². The molecule has 1 N–H and O–H groups in total. The second-order valence-electron chi connectivity index (χ2n) is 4.33. The lowest BCUT2D eigenvalue weighted by Gasteiger charge is -2.18. The number of tetrazole rings is 1. The molecule has 0 aliphatic rings. The first-order valence-electron chi connectivity index (χ1n) is 5.04. The fourth-order valence-electron chi connectivity index (χ4n) is 1.34. The molecule has 2 rings (SSSR count). The minimum atomic E-state index is -0.948. The van der Waals surface area contributed by atoms with Crippen LogP contribution >= 0.6 is 0 Å². The third-order valence-corrected chi connectivity index (χ3v) is 2.40. The second-order valence-corrected chi connectivity index (χ2v) is 4.33. The topological polar surface area (TPSA) is 94.0 Å². The quantitative estimate of drug-likeness (QED) is 0.852. The van der Waals surface area contributed by atoms with Gasteiger partial charge in [-0.05, 0) is 36.4 Å².